The van der Waals surface area contributed by atoms with Crippen molar-refractivity contribution >= 4 is 40.7 Å². The summed E-state index contributed by atoms with van der Waals surface area (Å²) in [5.41, 5.74) is 2.99. The number of allylic oxidation sites excluding steroid dienone is 1. The first-order valence-corrected chi connectivity index (χ1v) is 14.6. The minimum absolute atomic E-state index is 0.187. The van der Waals surface area contributed by atoms with Gasteiger partial charge in [-0.1, -0.05) is 64.7 Å². The van der Waals surface area contributed by atoms with E-state index in [0.29, 0.717) is 27.3 Å². The van der Waals surface area contributed by atoms with E-state index < -0.39 is 0 Å². The van der Waals surface area contributed by atoms with Gasteiger partial charge in [-0.3, -0.25) is 4.79 Å². The van der Waals surface area contributed by atoms with Crippen LogP contribution in [0.1, 0.15) is 87.1 Å². The molecule has 0 N–H and O–H groups in total. The third kappa shape index (κ3) is 9.24. The maximum absolute atomic E-state index is 12.8. The number of ketones is 1. The van der Waals surface area contributed by atoms with E-state index in [1.807, 2.05) is 18.2 Å². The Morgan fingerprint density at radius 2 is 1.59 bits per heavy atom. The molecule has 0 fully saturated rings. The number of fused-ring (bicyclic) bond motifs is 1. The first kappa shape index (κ1) is 30.4. The average Bonchev–Trinajstić information content (AvgIpc) is 2.96. The van der Waals surface area contributed by atoms with Gasteiger partial charge in [0.2, 0.25) is 0 Å². The van der Waals surface area contributed by atoms with Crippen LogP contribution in [0.4, 0.5) is 5.69 Å². The lowest BCUT2D eigenvalue weighted by Crippen LogP contribution is -2.18. The van der Waals surface area contributed by atoms with Crippen LogP contribution in [0.15, 0.2) is 53.0 Å². The molecule has 2 aromatic carbocycles. The molecule has 1 aromatic heterocycles. The summed E-state index contributed by atoms with van der Waals surface area (Å²) >= 11 is 5.50. The van der Waals surface area contributed by atoms with Gasteiger partial charge in [-0.2, -0.15) is 0 Å². The zero-order valence-corrected chi connectivity index (χ0v) is 24.8. The molecule has 0 saturated carbocycles. The van der Waals surface area contributed by atoms with Crippen LogP contribution < -0.4 is 14.4 Å². The van der Waals surface area contributed by atoms with Gasteiger partial charge < -0.3 is 18.8 Å². The Bertz CT molecular complexity index is 1300. The summed E-state index contributed by atoms with van der Waals surface area (Å²) in [6.07, 6.45) is 16.5. The Labute approximate surface area is 238 Å². The molecule has 0 atom stereocenters. The topological polar surface area (TPSA) is 51.9 Å². The maximum Gasteiger partial charge on any atom is 0.198 e. The number of unbranched alkanes of at least 4 members (excludes halogenated alkanes) is 9. The quantitative estimate of drug-likeness (QED) is 0.0723. The molecule has 6 heteroatoms. The fourth-order valence-corrected chi connectivity index (χ4v) is 4.91. The van der Waals surface area contributed by atoms with Crippen LogP contribution in [0.5, 0.6) is 11.5 Å². The summed E-state index contributed by atoms with van der Waals surface area (Å²) in [5.74, 6) is 0.898. The lowest BCUT2D eigenvalue weighted by atomic mass is 10.1. The molecule has 0 aliphatic carbocycles. The molecule has 3 rings (SSSR count). The summed E-state index contributed by atoms with van der Waals surface area (Å²) in [6, 6.07) is 13.3. The molecule has 0 amide bonds. The van der Waals surface area contributed by atoms with Crippen LogP contribution in [-0.2, 0) is 0 Å². The van der Waals surface area contributed by atoms with E-state index in [9.17, 15) is 4.79 Å². The number of benzene rings is 2. The van der Waals surface area contributed by atoms with Crippen LogP contribution in [0.3, 0.4) is 0 Å². The second-order valence-corrected chi connectivity index (χ2v) is 10.4. The zero-order valence-electron chi connectivity index (χ0n) is 24.0. The number of ether oxygens (including phenoxy) is 2. The molecule has 0 aliphatic heterocycles. The third-order valence-corrected chi connectivity index (χ3v) is 7.44. The van der Waals surface area contributed by atoms with E-state index >= 15 is 0 Å². The van der Waals surface area contributed by atoms with E-state index in [4.69, 9.17) is 26.1 Å². The molecule has 0 radical (unpaired) electrons. The van der Waals surface area contributed by atoms with Crippen molar-refractivity contribution < 1.29 is 18.7 Å². The predicted octanol–water partition coefficient (Wildman–Crippen LogP) is 9.43. The van der Waals surface area contributed by atoms with E-state index in [1.54, 1.807) is 31.4 Å². The first-order chi connectivity index (χ1) is 19.0. The van der Waals surface area contributed by atoms with Crippen LogP contribution >= 0.6 is 12.2 Å². The van der Waals surface area contributed by atoms with Crippen LogP contribution in [0, 0.1) is 4.71 Å². The summed E-state index contributed by atoms with van der Waals surface area (Å²) < 4.78 is 16.9. The Morgan fingerprint density at radius 1 is 0.897 bits per heavy atom. The number of rotatable bonds is 17. The van der Waals surface area contributed by atoms with Gasteiger partial charge in [0.25, 0.3) is 0 Å². The number of methoxy groups -OCH3 is 2. The molecule has 210 valence electrons. The molecular weight excluding hydrogens is 506 g/mol. The van der Waals surface area contributed by atoms with Crippen molar-refractivity contribution in [2.24, 2.45) is 0 Å². The van der Waals surface area contributed by atoms with Crippen molar-refractivity contribution in [1.82, 2.24) is 0 Å². The smallest absolute Gasteiger partial charge is 0.198 e. The number of nitrogens with zero attached hydrogens (tertiary/aromatic N) is 1. The second kappa shape index (κ2) is 16.1. The first-order valence-electron chi connectivity index (χ1n) is 14.2. The van der Waals surface area contributed by atoms with E-state index in [2.05, 4.69) is 24.9 Å². The van der Waals surface area contributed by atoms with Crippen molar-refractivity contribution in [3.8, 4) is 11.5 Å². The van der Waals surface area contributed by atoms with Gasteiger partial charge in [0.1, 0.15) is 17.1 Å². The minimum atomic E-state index is -0.187. The van der Waals surface area contributed by atoms with Crippen LogP contribution in [0.2, 0.25) is 0 Å². The monoisotopic (exact) mass is 549 g/mol. The lowest BCUT2D eigenvalue weighted by molar-refractivity contribution is 0.104. The fraction of sp³-hybridized carbons (Fsp3) is 0.455. The van der Waals surface area contributed by atoms with Gasteiger partial charge in [0.15, 0.2) is 10.5 Å². The molecule has 1 heterocycles. The number of anilines is 1. The highest BCUT2D eigenvalue weighted by atomic mass is 32.1. The van der Waals surface area contributed by atoms with Crippen LogP contribution in [0.25, 0.3) is 17.0 Å². The number of hydrogen-bond acceptors (Lipinski definition) is 6. The maximum atomic E-state index is 12.8. The standard InChI is InChI=1S/C33H43NO4S/c1-5-6-7-8-9-10-11-12-13-14-21-34(2)27-17-15-25-22-26(33(39)38-31(25)23-27)16-20-30(35)29-19-18-28(36-3)24-32(29)37-4/h15-20,22-24H,5-14,21H2,1-4H3. The zero-order chi connectivity index (χ0) is 28.0. The fourth-order valence-electron chi connectivity index (χ4n) is 4.69. The van der Waals surface area contributed by atoms with Gasteiger partial charge in [-0.15, -0.1) is 0 Å². The van der Waals surface area contributed by atoms with Gasteiger partial charge in [0, 0.05) is 42.4 Å². The Morgan fingerprint density at radius 3 is 2.26 bits per heavy atom. The van der Waals surface area contributed by atoms with E-state index in [-0.39, 0.29) is 5.78 Å². The van der Waals surface area contributed by atoms with Gasteiger partial charge >= 0.3 is 0 Å². The highest BCUT2D eigenvalue weighted by Crippen LogP contribution is 2.27. The highest BCUT2D eigenvalue weighted by Gasteiger charge is 2.12. The van der Waals surface area contributed by atoms with Gasteiger partial charge in [0.05, 0.1) is 19.8 Å². The molecule has 0 unspecified atom stereocenters. The van der Waals surface area contributed by atoms with Gasteiger partial charge in [-0.25, -0.2) is 0 Å². The van der Waals surface area contributed by atoms with Crippen LogP contribution in [-0.4, -0.2) is 33.6 Å². The van der Waals surface area contributed by atoms with Crippen molar-refractivity contribution in [2.45, 2.75) is 71.1 Å². The molecule has 0 bridgehead atoms. The summed E-state index contributed by atoms with van der Waals surface area (Å²) in [5, 5.41) is 0.939. The number of carbonyl (C=O) groups is 1. The molecule has 0 aliphatic rings. The molecule has 3 aromatic rings. The number of hydrogen-bond donors (Lipinski definition) is 0. The molecule has 5 nitrogen and oxygen atoms in total. The molecule has 39 heavy (non-hydrogen) atoms. The molecule has 0 saturated heterocycles. The van der Waals surface area contributed by atoms with E-state index in [1.165, 1.54) is 77.4 Å². The Balaban J connectivity index is 1.55. The number of carbonyl (C=O) groups excluding carboxylic acids is 1. The van der Waals surface area contributed by atoms with Crippen molar-refractivity contribution in [3.63, 3.8) is 0 Å². The van der Waals surface area contributed by atoms with Crippen molar-refractivity contribution in [1.29, 1.82) is 0 Å². The van der Waals surface area contributed by atoms with E-state index in [0.717, 1.165) is 23.2 Å². The Kier molecular flexibility index (Phi) is 12.6. The average molecular weight is 550 g/mol. The normalized spacial score (nSPS) is 11.3. The summed E-state index contributed by atoms with van der Waals surface area (Å²) in [4.78, 5) is 15.1. The Hall–Kier alpha value is -3.12. The largest absolute Gasteiger partial charge is 0.497 e. The molecular formula is C33H43NO4S. The third-order valence-electron chi connectivity index (χ3n) is 7.12. The SMILES string of the molecule is CCCCCCCCCCCCN(C)c1ccc2cc(C=CC(=O)c3ccc(OC)cc3OC)c(=S)oc2c1. The second-order valence-electron chi connectivity index (χ2n) is 10.1. The van der Waals surface area contributed by atoms with Crippen molar-refractivity contribution in [3.05, 3.63) is 64.4 Å². The summed E-state index contributed by atoms with van der Waals surface area (Å²) in [7, 11) is 5.23. The minimum Gasteiger partial charge on any atom is -0.497 e. The predicted molar refractivity (Wildman–Crippen MR) is 165 cm³/mol. The van der Waals surface area contributed by atoms with Gasteiger partial charge in [-0.05, 0) is 61.1 Å². The van der Waals surface area contributed by atoms with Crippen molar-refractivity contribution in [2.75, 3.05) is 32.7 Å². The highest BCUT2D eigenvalue weighted by molar-refractivity contribution is 7.71. The lowest BCUT2D eigenvalue weighted by Gasteiger charge is -2.19. The summed E-state index contributed by atoms with van der Waals surface area (Å²) in [6.45, 7) is 3.28. The molecule has 0 spiro atoms.